The van der Waals surface area contributed by atoms with Crippen molar-refractivity contribution in [1.82, 2.24) is 9.80 Å². The lowest BCUT2D eigenvalue weighted by molar-refractivity contribution is -0.192. The highest BCUT2D eigenvalue weighted by Crippen LogP contribution is 2.28. The van der Waals surface area contributed by atoms with E-state index < -0.39 is 27.2 Å². The molecular formula is C19H25F3N2O5S. The molecule has 168 valence electrons. The summed E-state index contributed by atoms with van der Waals surface area (Å²) < 4.78 is 56.6. The molecule has 0 unspecified atom stereocenters. The molecule has 2 aliphatic rings. The Morgan fingerprint density at radius 2 is 1.67 bits per heavy atom. The summed E-state index contributed by atoms with van der Waals surface area (Å²) in [4.78, 5) is 24.8. The van der Waals surface area contributed by atoms with E-state index in [-0.39, 0.29) is 17.7 Å². The lowest BCUT2D eigenvalue weighted by Gasteiger charge is -2.39. The number of carboxylic acid groups (broad SMARTS) is 1. The molecule has 1 N–H and O–H groups in total. The number of sulfone groups is 1. The minimum absolute atomic E-state index is 0.00795. The molecule has 2 atom stereocenters. The van der Waals surface area contributed by atoms with Crippen LogP contribution in [0.25, 0.3) is 0 Å². The van der Waals surface area contributed by atoms with Crippen LogP contribution in [-0.4, -0.2) is 78.1 Å². The Morgan fingerprint density at radius 3 is 2.20 bits per heavy atom. The molecule has 1 aromatic rings. The summed E-state index contributed by atoms with van der Waals surface area (Å²) in [6.07, 6.45) is -3.74. The molecule has 0 spiro atoms. The van der Waals surface area contributed by atoms with E-state index in [4.69, 9.17) is 9.90 Å². The third-order valence-electron chi connectivity index (χ3n) is 5.27. The molecule has 11 heteroatoms. The van der Waals surface area contributed by atoms with E-state index in [0.29, 0.717) is 13.0 Å². The van der Waals surface area contributed by atoms with Gasteiger partial charge >= 0.3 is 12.1 Å². The quantitative estimate of drug-likeness (QED) is 0.740. The van der Waals surface area contributed by atoms with Crippen molar-refractivity contribution in [1.29, 1.82) is 0 Å². The van der Waals surface area contributed by atoms with Crippen LogP contribution >= 0.6 is 0 Å². The van der Waals surface area contributed by atoms with Crippen molar-refractivity contribution >= 4 is 21.7 Å². The van der Waals surface area contributed by atoms with E-state index in [0.717, 1.165) is 26.1 Å². The Kier molecular flexibility index (Phi) is 7.87. The van der Waals surface area contributed by atoms with Crippen molar-refractivity contribution in [3.8, 4) is 0 Å². The number of hydrogen-bond donors (Lipinski definition) is 1. The Balaban J connectivity index is 0.000000396. The molecule has 2 heterocycles. The van der Waals surface area contributed by atoms with Crippen molar-refractivity contribution < 1.29 is 36.3 Å². The van der Waals surface area contributed by atoms with E-state index in [2.05, 4.69) is 17.0 Å². The fraction of sp³-hybridized carbons (Fsp3) is 0.579. The summed E-state index contributed by atoms with van der Waals surface area (Å²) in [5, 5.41) is 6.72. The van der Waals surface area contributed by atoms with E-state index in [9.17, 15) is 26.4 Å². The summed E-state index contributed by atoms with van der Waals surface area (Å²) in [6, 6.07) is 10.1. The first-order valence-corrected chi connectivity index (χ1v) is 11.2. The number of rotatable bonds is 2. The van der Waals surface area contributed by atoms with Crippen LogP contribution in [0.1, 0.15) is 25.3 Å². The van der Waals surface area contributed by atoms with Crippen LogP contribution < -0.4 is 0 Å². The van der Waals surface area contributed by atoms with Gasteiger partial charge in [0.15, 0.2) is 9.84 Å². The van der Waals surface area contributed by atoms with E-state index in [1.807, 2.05) is 18.2 Å². The van der Waals surface area contributed by atoms with Gasteiger partial charge in [-0.3, -0.25) is 9.69 Å². The van der Waals surface area contributed by atoms with Crippen LogP contribution in [0.15, 0.2) is 30.3 Å². The standard InChI is InChI=1S/C17H24N2O3S.C2HF3O2/c1-14(20)19-11-12-23(21,22)17-8-10-18(9-7-16(17)19)13-15-5-3-2-4-6-15;3-2(4,5)1(6)7/h2-6,16-17H,7-13H2,1H3;(H,6,7)/t16-,17+;/m0./s1. The van der Waals surface area contributed by atoms with Crippen LogP contribution in [-0.2, 0) is 26.0 Å². The average Bonchev–Trinajstić information content (AvgIpc) is 2.86. The van der Waals surface area contributed by atoms with Crippen LogP contribution in [0.4, 0.5) is 13.2 Å². The molecule has 0 bridgehead atoms. The number of nitrogens with zero attached hydrogens (tertiary/aromatic N) is 2. The fourth-order valence-corrected chi connectivity index (χ4v) is 5.80. The molecule has 0 radical (unpaired) electrons. The van der Waals surface area contributed by atoms with Gasteiger partial charge in [-0.2, -0.15) is 13.2 Å². The molecule has 2 aliphatic heterocycles. The van der Waals surface area contributed by atoms with Gasteiger partial charge < -0.3 is 10.0 Å². The summed E-state index contributed by atoms with van der Waals surface area (Å²) in [7, 11) is -3.09. The van der Waals surface area contributed by atoms with Crippen LogP contribution in [0.3, 0.4) is 0 Å². The van der Waals surface area contributed by atoms with Gasteiger partial charge in [-0.1, -0.05) is 30.3 Å². The largest absolute Gasteiger partial charge is 0.490 e. The molecule has 2 saturated heterocycles. The third-order valence-corrected chi connectivity index (χ3v) is 7.50. The van der Waals surface area contributed by atoms with Gasteiger partial charge in [0.05, 0.1) is 11.0 Å². The van der Waals surface area contributed by atoms with Crippen molar-refractivity contribution in [2.45, 2.75) is 43.8 Å². The first-order valence-electron chi connectivity index (χ1n) is 9.47. The number of aliphatic carboxylic acids is 1. The van der Waals surface area contributed by atoms with E-state index in [1.54, 1.807) is 11.8 Å². The SMILES string of the molecule is CC(=O)N1CCS(=O)(=O)[C@@H]2CCN(Cc3ccccc3)CC[C@@H]21.O=C(O)C(F)(F)F. The van der Waals surface area contributed by atoms with Crippen molar-refractivity contribution in [3.05, 3.63) is 35.9 Å². The number of halogens is 3. The Morgan fingerprint density at radius 1 is 1.10 bits per heavy atom. The van der Waals surface area contributed by atoms with Gasteiger partial charge in [0.25, 0.3) is 0 Å². The van der Waals surface area contributed by atoms with Crippen molar-refractivity contribution in [3.63, 3.8) is 0 Å². The van der Waals surface area contributed by atoms with Gasteiger partial charge in [0.2, 0.25) is 5.91 Å². The molecule has 0 aromatic heterocycles. The second-order valence-corrected chi connectivity index (χ2v) is 9.67. The maximum atomic E-state index is 12.4. The second kappa shape index (κ2) is 9.78. The van der Waals surface area contributed by atoms with Gasteiger partial charge in [-0.05, 0) is 24.9 Å². The van der Waals surface area contributed by atoms with Gasteiger partial charge in [0.1, 0.15) is 0 Å². The zero-order chi connectivity index (χ0) is 22.5. The normalized spacial score (nSPS) is 24.1. The molecular weight excluding hydrogens is 425 g/mol. The Bertz CT molecular complexity index is 845. The monoisotopic (exact) mass is 450 g/mol. The average molecular weight is 450 g/mol. The summed E-state index contributed by atoms with van der Waals surface area (Å²) in [6.45, 7) is 4.32. The predicted molar refractivity (Wildman–Crippen MR) is 103 cm³/mol. The predicted octanol–water partition coefficient (Wildman–Crippen LogP) is 1.93. The lowest BCUT2D eigenvalue weighted by atomic mass is 10.1. The summed E-state index contributed by atoms with van der Waals surface area (Å²) in [5.74, 6) is -2.66. The topological polar surface area (TPSA) is 95.0 Å². The second-order valence-electron chi connectivity index (χ2n) is 7.33. The van der Waals surface area contributed by atoms with E-state index in [1.165, 1.54) is 5.56 Å². The molecule has 0 aliphatic carbocycles. The number of carbonyl (C=O) groups is 2. The van der Waals surface area contributed by atoms with E-state index >= 15 is 0 Å². The molecule has 2 fully saturated rings. The molecule has 30 heavy (non-hydrogen) atoms. The number of carboxylic acids is 1. The van der Waals surface area contributed by atoms with Crippen LogP contribution in [0.2, 0.25) is 0 Å². The molecule has 7 nitrogen and oxygen atoms in total. The lowest BCUT2D eigenvalue weighted by Crippen LogP contribution is -2.56. The van der Waals surface area contributed by atoms with Crippen LogP contribution in [0.5, 0.6) is 0 Å². The minimum Gasteiger partial charge on any atom is -0.475 e. The highest BCUT2D eigenvalue weighted by Gasteiger charge is 2.43. The third kappa shape index (κ3) is 6.43. The molecule has 1 aromatic carbocycles. The number of carbonyl (C=O) groups excluding carboxylic acids is 1. The number of alkyl halides is 3. The maximum absolute atomic E-state index is 12.4. The van der Waals surface area contributed by atoms with Crippen molar-refractivity contribution in [2.24, 2.45) is 0 Å². The number of hydrogen-bond acceptors (Lipinski definition) is 5. The maximum Gasteiger partial charge on any atom is 0.490 e. The van der Waals surface area contributed by atoms with Gasteiger partial charge in [-0.25, -0.2) is 13.2 Å². The first kappa shape index (κ1) is 24.1. The van der Waals surface area contributed by atoms with Crippen molar-refractivity contribution in [2.75, 3.05) is 25.4 Å². The van der Waals surface area contributed by atoms with Gasteiger partial charge in [-0.15, -0.1) is 0 Å². The summed E-state index contributed by atoms with van der Waals surface area (Å²) >= 11 is 0. The zero-order valence-corrected chi connectivity index (χ0v) is 17.3. The molecule has 3 rings (SSSR count). The zero-order valence-electron chi connectivity index (χ0n) is 16.5. The number of fused-ring (bicyclic) bond motifs is 1. The minimum atomic E-state index is -5.08. The summed E-state index contributed by atoms with van der Waals surface area (Å²) in [5.41, 5.74) is 1.24. The first-order chi connectivity index (χ1) is 13.9. The highest BCUT2D eigenvalue weighted by molar-refractivity contribution is 7.92. The Hall–Kier alpha value is -2.14. The fourth-order valence-electron chi connectivity index (χ4n) is 3.82. The Labute approximate surface area is 173 Å². The highest BCUT2D eigenvalue weighted by atomic mass is 32.2. The van der Waals surface area contributed by atoms with Gasteiger partial charge in [0, 0.05) is 32.6 Å². The smallest absolute Gasteiger partial charge is 0.475 e. The number of benzene rings is 1. The molecule has 1 amide bonds. The molecule has 0 saturated carbocycles. The number of amides is 1. The van der Waals surface area contributed by atoms with Crippen LogP contribution in [0, 0.1) is 0 Å². The number of likely N-dealkylation sites (tertiary alicyclic amines) is 1.